The molecule has 1 heterocycles. The van der Waals surface area contributed by atoms with Gasteiger partial charge < -0.3 is 9.32 Å². The Morgan fingerprint density at radius 1 is 0.318 bits per heavy atom. The van der Waals surface area contributed by atoms with Gasteiger partial charge in [0.2, 0.25) is 0 Å². The Labute approximate surface area is 386 Å². The predicted molar refractivity (Wildman–Crippen MR) is 277 cm³/mol. The van der Waals surface area contributed by atoms with Crippen LogP contribution in [0.3, 0.4) is 0 Å². The van der Waals surface area contributed by atoms with Crippen molar-refractivity contribution in [2.45, 2.75) is 38.5 Å². The van der Waals surface area contributed by atoms with Gasteiger partial charge in [-0.25, -0.2) is 0 Å². The fourth-order valence-electron chi connectivity index (χ4n) is 11.5. The van der Waals surface area contributed by atoms with Gasteiger partial charge in [-0.2, -0.15) is 0 Å². The van der Waals surface area contributed by atoms with Gasteiger partial charge in [0.1, 0.15) is 11.2 Å². The Balaban J connectivity index is 0.967. The van der Waals surface area contributed by atoms with Crippen molar-refractivity contribution in [1.82, 2.24) is 0 Å². The number of fused-ring (bicyclic) bond motifs is 10. The molecule has 2 heteroatoms. The van der Waals surface area contributed by atoms with Gasteiger partial charge in [0.25, 0.3) is 0 Å². The molecule has 0 aliphatic heterocycles. The first-order valence-electron chi connectivity index (χ1n) is 23.2. The molecular weight excluding hydrogens is 799 g/mol. The third-order valence-electron chi connectivity index (χ3n) is 14.9. The highest BCUT2D eigenvalue weighted by Gasteiger charge is 2.39. The number of benzene rings is 10. The average molecular weight is 846 g/mol. The first kappa shape index (κ1) is 38.5. The summed E-state index contributed by atoms with van der Waals surface area (Å²) in [6.07, 6.45) is 0. The summed E-state index contributed by atoms with van der Waals surface area (Å²) in [5.74, 6) is 0. The summed E-state index contributed by atoms with van der Waals surface area (Å²) in [5, 5.41) is 4.74. The summed E-state index contributed by atoms with van der Waals surface area (Å²) in [4.78, 5) is 2.51. The maximum Gasteiger partial charge on any atom is 0.143 e. The Hall–Kier alpha value is -7.94. The molecule has 2 aliphatic rings. The van der Waals surface area contributed by atoms with Crippen molar-refractivity contribution in [2.75, 3.05) is 4.90 Å². The lowest BCUT2D eigenvalue weighted by molar-refractivity contribution is 0.660. The van der Waals surface area contributed by atoms with Crippen LogP contribution >= 0.6 is 0 Å². The molecule has 1 aromatic heterocycles. The Kier molecular flexibility index (Phi) is 8.33. The van der Waals surface area contributed by atoms with E-state index in [2.05, 4.69) is 239 Å². The van der Waals surface area contributed by atoms with Crippen molar-refractivity contribution in [3.8, 4) is 55.6 Å². The van der Waals surface area contributed by atoms with Crippen LogP contribution in [0.15, 0.2) is 217 Å². The van der Waals surface area contributed by atoms with Gasteiger partial charge >= 0.3 is 0 Å². The minimum atomic E-state index is -0.263. The van der Waals surface area contributed by atoms with E-state index in [-0.39, 0.29) is 10.8 Å². The second kappa shape index (κ2) is 14.3. The zero-order valence-electron chi connectivity index (χ0n) is 37.6. The van der Waals surface area contributed by atoms with E-state index in [0.29, 0.717) is 0 Å². The molecular formula is C64H47NO. The van der Waals surface area contributed by atoms with E-state index in [9.17, 15) is 0 Å². The molecule has 0 saturated carbocycles. The van der Waals surface area contributed by atoms with Crippen molar-refractivity contribution in [2.24, 2.45) is 0 Å². The highest BCUT2D eigenvalue weighted by molar-refractivity contribution is 6.10. The number of hydrogen-bond donors (Lipinski definition) is 0. The molecule has 0 bridgehead atoms. The van der Waals surface area contributed by atoms with Gasteiger partial charge in [-0.05, 0) is 126 Å². The minimum absolute atomic E-state index is 0.206. The molecule has 13 rings (SSSR count). The van der Waals surface area contributed by atoms with Gasteiger partial charge in [0, 0.05) is 43.9 Å². The topological polar surface area (TPSA) is 16.4 Å². The molecule has 0 fully saturated rings. The molecule has 66 heavy (non-hydrogen) atoms. The van der Waals surface area contributed by atoms with Crippen molar-refractivity contribution < 1.29 is 4.42 Å². The van der Waals surface area contributed by atoms with E-state index in [4.69, 9.17) is 4.42 Å². The summed E-state index contributed by atoms with van der Waals surface area (Å²) < 4.78 is 6.54. The number of nitrogens with zero attached hydrogens (tertiary/aromatic N) is 1. The molecule has 0 saturated heterocycles. The third-order valence-corrected chi connectivity index (χ3v) is 14.9. The lowest BCUT2D eigenvalue weighted by Gasteiger charge is -2.31. The zero-order chi connectivity index (χ0) is 44.3. The van der Waals surface area contributed by atoms with Crippen LogP contribution in [-0.4, -0.2) is 0 Å². The molecule has 11 aromatic rings. The smallest absolute Gasteiger partial charge is 0.143 e. The van der Waals surface area contributed by atoms with Crippen molar-refractivity contribution >= 4 is 49.8 Å². The second-order valence-electron chi connectivity index (χ2n) is 19.3. The van der Waals surface area contributed by atoms with Crippen LogP contribution in [-0.2, 0) is 10.8 Å². The first-order valence-corrected chi connectivity index (χ1v) is 23.2. The quantitative estimate of drug-likeness (QED) is 0.166. The first-order chi connectivity index (χ1) is 32.2. The fourth-order valence-corrected chi connectivity index (χ4v) is 11.5. The summed E-state index contributed by atoms with van der Waals surface area (Å²) in [6.45, 7) is 9.56. The Morgan fingerprint density at radius 3 is 1.45 bits per heavy atom. The van der Waals surface area contributed by atoms with E-state index >= 15 is 0 Å². The van der Waals surface area contributed by atoms with Crippen LogP contribution in [0.25, 0.3) is 88.3 Å². The van der Waals surface area contributed by atoms with Gasteiger partial charge in [-0.15, -0.1) is 0 Å². The predicted octanol–water partition coefficient (Wildman–Crippen LogP) is 17.8. The molecule has 0 atom stereocenters. The minimum Gasteiger partial charge on any atom is -0.455 e. The number of rotatable bonds is 6. The van der Waals surface area contributed by atoms with Gasteiger partial charge in [0.15, 0.2) is 0 Å². The molecule has 2 aliphatic carbocycles. The molecule has 314 valence electrons. The summed E-state index contributed by atoms with van der Waals surface area (Å²) >= 11 is 0. The van der Waals surface area contributed by atoms with Crippen molar-refractivity contribution in [3.05, 3.63) is 235 Å². The highest BCUT2D eigenvalue weighted by Crippen LogP contribution is 2.55. The summed E-state index contributed by atoms with van der Waals surface area (Å²) in [7, 11) is 0. The standard InChI is InChI=1S/C64H47NO/c1-63(2)56-36-42(40-16-7-5-8-17-40)26-30-49(56)51-32-28-44(38-58(51)63)65(60-35-34-46(41-18-9-6-10-19-41)48-20-11-12-21-53(48)60)45-29-33-52-50-31-27-43(37-57(50)64(3,4)59(52)39-45)47-23-15-24-55-54-22-13-14-25-61(54)66-62(47)55/h5-39H,1-4H3. The van der Waals surface area contributed by atoms with Gasteiger partial charge in [-0.1, -0.05) is 191 Å². The largest absolute Gasteiger partial charge is 0.455 e. The molecule has 2 nitrogen and oxygen atoms in total. The number of para-hydroxylation sites is 2. The van der Waals surface area contributed by atoms with Crippen LogP contribution in [0.1, 0.15) is 49.9 Å². The lowest BCUT2D eigenvalue weighted by Crippen LogP contribution is -2.18. The maximum atomic E-state index is 6.54. The molecule has 0 N–H and O–H groups in total. The Morgan fingerprint density at radius 2 is 0.803 bits per heavy atom. The second-order valence-corrected chi connectivity index (χ2v) is 19.3. The monoisotopic (exact) mass is 845 g/mol. The highest BCUT2D eigenvalue weighted by atomic mass is 16.3. The van der Waals surface area contributed by atoms with E-state index in [1.54, 1.807) is 0 Å². The molecule has 0 unspecified atom stereocenters. The third kappa shape index (κ3) is 5.67. The van der Waals surface area contributed by atoms with Crippen molar-refractivity contribution in [3.63, 3.8) is 0 Å². The lowest BCUT2D eigenvalue weighted by atomic mass is 9.81. The van der Waals surface area contributed by atoms with Crippen LogP contribution in [0.5, 0.6) is 0 Å². The van der Waals surface area contributed by atoms with E-state index in [1.165, 1.54) is 83.1 Å². The van der Waals surface area contributed by atoms with Crippen LogP contribution in [0, 0.1) is 0 Å². The average Bonchev–Trinajstić information content (AvgIpc) is 3.93. The Bertz CT molecular complexity index is 3760. The maximum absolute atomic E-state index is 6.54. The summed E-state index contributed by atoms with van der Waals surface area (Å²) in [6, 6.07) is 78.4. The number of hydrogen-bond acceptors (Lipinski definition) is 2. The fraction of sp³-hybridized carbons (Fsp3) is 0.0938. The molecule has 0 amide bonds. The van der Waals surface area contributed by atoms with E-state index in [0.717, 1.165) is 44.6 Å². The SMILES string of the molecule is CC1(C)c2cc(-c3ccccc3)ccc2-c2ccc(N(c3ccc4c(c3)C(C)(C)c3cc(-c5cccc6c5oc5ccccc56)ccc3-4)c3ccc(-c4ccccc4)c4ccccc34)cc21. The van der Waals surface area contributed by atoms with Crippen molar-refractivity contribution in [1.29, 1.82) is 0 Å². The number of furan rings is 1. The van der Waals surface area contributed by atoms with E-state index < -0.39 is 0 Å². The van der Waals surface area contributed by atoms with Crippen LogP contribution in [0.4, 0.5) is 17.1 Å². The van der Waals surface area contributed by atoms with E-state index in [1.807, 2.05) is 6.07 Å². The van der Waals surface area contributed by atoms with Crippen LogP contribution in [0.2, 0.25) is 0 Å². The number of anilines is 3. The van der Waals surface area contributed by atoms with Gasteiger partial charge in [0.05, 0.1) is 5.69 Å². The van der Waals surface area contributed by atoms with Crippen LogP contribution < -0.4 is 4.90 Å². The van der Waals surface area contributed by atoms with Gasteiger partial charge in [-0.3, -0.25) is 0 Å². The molecule has 0 spiro atoms. The molecule has 0 radical (unpaired) electrons. The summed E-state index contributed by atoms with van der Waals surface area (Å²) in [5.41, 5.74) is 22.6. The molecule has 10 aromatic carbocycles. The zero-order valence-corrected chi connectivity index (χ0v) is 37.6. The normalized spacial score (nSPS) is 14.0.